The van der Waals surface area contributed by atoms with Crippen molar-refractivity contribution in [3.63, 3.8) is 0 Å². The normalized spacial score (nSPS) is 12.6. The van der Waals surface area contributed by atoms with Crippen LogP contribution in [0.15, 0.2) is 27.6 Å². The highest BCUT2D eigenvalue weighted by atomic mass is 79.9. The molecule has 0 aliphatic heterocycles. The molecule has 5 nitrogen and oxygen atoms in total. The van der Waals surface area contributed by atoms with Crippen LogP contribution in [0.1, 0.15) is 27.7 Å². The molecule has 0 heterocycles. The summed E-state index contributed by atoms with van der Waals surface area (Å²) in [7, 11) is -3.59. The summed E-state index contributed by atoms with van der Waals surface area (Å²) in [6, 6.07) is 5.54. The van der Waals surface area contributed by atoms with E-state index in [2.05, 4.69) is 53.2 Å². The van der Waals surface area contributed by atoms with Crippen LogP contribution in [0.25, 0.3) is 0 Å². The molecular formula is C14H24BrN3O2S. The van der Waals surface area contributed by atoms with E-state index in [1.807, 2.05) is 0 Å². The van der Waals surface area contributed by atoms with Gasteiger partial charge in [-0.15, -0.1) is 0 Å². The first-order valence-corrected chi connectivity index (χ1v) is 9.23. The van der Waals surface area contributed by atoms with Gasteiger partial charge in [0, 0.05) is 29.6 Å². The Hall–Kier alpha value is -0.630. The highest BCUT2D eigenvalue weighted by Crippen LogP contribution is 2.22. The quantitative estimate of drug-likeness (QED) is 0.715. The molecule has 0 bridgehead atoms. The second kappa shape index (κ2) is 7.58. The van der Waals surface area contributed by atoms with Gasteiger partial charge < -0.3 is 5.73 Å². The number of nitrogens with one attached hydrogen (secondary N) is 1. The van der Waals surface area contributed by atoms with Gasteiger partial charge in [-0.25, -0.2) is 13.1 Å². The van der Waals surface area contributed by atoms with E-state index in [1.165, 1.54) is 6.07 Å². The van der Waals surface area contributed by atoms with Crippen molar-refractivity contribution in [3.05, 3.63) is 22.7 Å². The third-order valence-electron chi connectivity index (χ3n) is 3.25. The second-order valence-electron chi connectivity index (χ2n) is 5.51. The number of hydrogen-bond acceptors (Lipinski definition) is 4. The first kappa shape index (κ1) is 18.4. The molecule has 1 rings (SSSR count). The lowest BCUT2D eigenvalue weighted by atomic mass is 10.2. The maximum absolute atomic E-state index is 12.3. The largest absolute Gasteiger partial charge is 0.398 e. The molecule has 0 spiro atoms. The molecule has 21 heavy (non-hydrogen) atoms. The zero-order valence-corrected chi connectivity index (χ0v) is 15.3. The van der Waals surface area contributed by atoms with Gasteiger partial charge in [0.2, 0.25) is 10.0 Å². The minimum atomic E-state index is -3.59. The molecule has 0 aliphatic rings. The van der Waals surface area contributed by atoms with Gasteiger partial charge >= 0.3 is 0 Å². The number of sulfonamides is 1. The molecule has 0 fully saturated rings. The number of rotatable bonds is 7. The van der Waals surface area contributed by atoms with Crippen LogP contribution < -0.4 is 10.5 Å². The van der Waals surface area contributed by atoms with Crippen molar-refractivity contribution >= 4 is 31.6 Å². The minimum Gasteiger partial charge on any atom is -0.398 e. The van der Waals surface area contributed by atoms with Crippen molar-refractivity contribution in [2.24, 2.45) is 0 Å². The van der Waals surface area contributed by atoms with Crippen molar-refractivity contribution < 1.29 is 8.42 Å². The lowest BCUT2D eigenvalue weighted by Gasteiger charge is -2.30. The van der Waals surface area contributed by atoms with E-state index in [4.69, 9.17) is 5.73 Å². The highest BCUT2D eigenvalue weighted by Gasteiger charge is 2.19. The van der Waals surface area contributed by atoms with Crippen LogP contribution in [0, 0.1) is 0 Å². The summed E-state index contributed by atoms with van der Waals surface area (Å²) in [6.45, 7) is 9.40. The Morgan fingerprint density at radius 2 is 1.81 bits per heavy atom. The Morgan fingerprint density at radius 1 is 1.24 bits per heavy atom. The van der Waals surface area contributed by atoms with E-state index in [0.29, 0.717) is 29.6 Å². The standard InChI is InChI=1S/C14H24BrN3O2S/c1-10(2)18(11(3)4)8-7-17-21(19,20)14-9-12(15)5-6-13(14)16/h5-6,9-11,17H,7-8,16H2,1-4H3. The summed E-state index contributed by atoms with van der Waals surface area (Å²) in [4.78, 5) is 2.34. The van der Waals surface area contributed by atoms with E-state index >= 15 is 0 Å². The molecule has 120 valence electrons. The smallest absolute Gasteiger partial charge is 0.242 e. The molecule has 1 aromatic rings. The number of nitrogens with two attached hydrogens (primary N) is 1. The van der Waals surface area contributed by atoms with E-state index < -0.39 is 10.0 Å². The van der Waals surface area contributed by atoms with Gasteiger partial charge in [0.15, 0.2) is 0 Å². The average Bonchev–Trinajstić information content (AvgIpc) is 2.36. The first-order valence-electron chi connectivity index (χ1n) is 6.95. The molecule has 0 saturated heterocycles. The zero-order chi connectivity index (χ0) is 16.2. The van der Waals surface area contributed by atoms with Gasteiger partial charge in [-0.3, -0.25) is 4.90 Å². The highest BCUT2D eigenvalue weighted by molar-refractivity contribution is 9.10. The van der Waals surface area contributed by atoms with Crippen molar-refractivity contribution in [1.29, 1.82) is 0 Å². The molecule has 0 aliphatic carbocycles. The Bertz CT molecular complexity index is 566. The fourth-order valence-electron chi connectivity index (χ4n) is 2.24. The fourth-order valence-corrected chi connectivity index (χ4v) is 3.93. The summed E-state index contributed by atoms with van der Waals surface area (Å²) >= 11 is 3.26. The number of hydrogen-bond donors (Lipinski definition) is 2. The predicted molar refractivity (Wildman–Crippen MR) is 90.7 cm³/mol. The van der Waals surface area contributed by atoms with Crippen LogP contribution in [0.2, 0.25) is 0 Å². The van der Waals surface area contributed by atoms with E-state index in [1.54, 1.807) is 12.1 Å². The maximum atomic E-state index is 12.3. The molecule has 0 atom stereocenters. The molecule has 1 aromatic carbocycles. The summed E-state index contributed by atoms with van der Waals surface area (Å²) in [5, 5.41) is 0. The van der Waals surface area contributed by atoms with E-state index in [9.17, 15) is 8.42 Å². The number of anilines is 1. The Labute approximate surface area is 136 Å². The second-order valence-corrected chi connectivity index (χ2v) is 8.16. The molecule has 0 aromatic heterocycles. The third-order valence-corrected chi connectivity index (χ3v) is 5.26. The summed E-state index contributed by atoms with van der Waals surface area (Å²) in [6.07, 6.45) is 0. The van der Waals surface area contributed by atoms with Gasteiger partial charge in [0.1, 0.15) is 4.90 Å². The topological polar surface area (TPSA) is 75.4 Å². The minimum absolute atomic E-state index is 0.109. The first-order chi connectivity index (χ1) is 9.65. The number of halogens is 1. The van der Waals surface area contributed by atoms with Crippen molar-refractivity contribution in [2.45, 2.75) is 44.7 Å². The van der Waals surface area contributed by atoms with Gasteiger partial charge in [0.25, 0.3) is 0 Å². The van der Waals surface area contributed by atoms with Crippen molar-refractivity contribution in [1.82, 2.24) is 9.62 Å². The number of nitrogen functional groups attached to an aromatic ring is 1. The van der Waals surface area contributed by atoms with Crippen molar-refractivity contribution in [3.8, 4) is 0 Å². The van der Waals surface area contributed by atoms with Gasteiger partial charge in [-0.05, 0) is 45.9 Å². The summed E-state index contributed by atoms with van der Waals surface area (Å²) in [5.74, 6) is 0. The van der Waals surface area contributed by atoms with Crippen LogP contribution in [0.3, 0.4) is 0 Å². The van der Waals surface area contributed by atoms with E-state index in [-0.39, 0.29) is 10.6 Å². The van der Waals surface area contributed by atoms with Gasteiger partial charge in [-0.1, -0.05) is 15.9 Å². The lowest BCUT2D eigenvalue weighted by molar-refractivity contribution is 0.179. The molecular weight excluding hydrogens is 354 g/mol. The average molecular weight is 378 g/mol. The maximum Gasteiger partial charge on any atom is 0.242 e. The lowest BCUT2D eigenvalue weighted by Crippen LogP contribution is -2.42. The van der Waals surface area contributed by atoms with Gasteiger partial charge in [0.05, 0.1) is 5.69 Å². The molecule has 0 unspecified atom stereocenters. The number of nitrogens with zero attached hydrogens (tertiary/aromatic N) is 1. The predicted octanol–water partition coefficient (Wildman–Crippen LogP) is 2.43. The van der Waals surface area contributed by atoms with E-state index in [0.717, 1.165) is 0 Å². The van der Waals surface area contributed by atoms with Crippen LogP contribution >= 0.6 is 15.9 Å². The van der Waals surface area contributed by atoms with Crippen LogP contribution in [0.5, 0.6) is 0 Å². The van der Waals surface area contributed by atoms with Crippen molar-refractivity contribution in [2.75, 3.05) is 18.8 Å². The SMILES string of the molecule is CC(C)N(CCNS(=O)(=O)c1cc(Br)ccc1N)C(C)C. The Balaban J connectivity index is 2.76. The van der Waals surface area contributed by atoms with Crippen LogP contribution in [-0.4, -0.2) is 38.5 Å². The molecule has 0 radical (unpaired) electrons. The number of benzene rings is 1. The van der Waals surface area contributed by atoms with Gasteiger partial charge in [-0.2, -0.15) is 0 Å². The zero-order valence-electron chi connectivity index (χ0n) is 12.9. The van der Waals surface area contributed by atoms with Crippen LogP contribution in [0.4, 0.5) is 5.69 Å². The third kappa shape index (κ3) is 5.25. The monoisotopic (exact) mass is 377 g/mol. The molecule has 7 heteroatoms. The Kier molecular flexibility index (Phi) is 6.65. The summed E-state index contributed by atoms with van der Waals surface area (Å²) in [5.41, 5.74) is 6.00. The summed E-state index contributed by atoms with van der Waals surface area (Å²) < 4.78 is 27.9. The van der Waals surface area contributed by atoms with Crippen LogP contribution in [-0.2, 0) is 10.0 Å². The molecule has 0 saturated carbocycles. The fraction of sp³-hybridized carbons (Fsp3) is 0.571. The molecule has 3 N–H and O–H groups in total. The Morgan fingerprint density at radius 3 is 2.33 bits per heavy atom. The molecule has 0 amide bonds.